The Labute approximate surface area is 192 Å². The summed E-state index contributed by atoms with van der Waals surface area (Å²) >= 11 is 0. The Morgan fingerprint density at radius 3 is 2.18 bits per heavy atom. The minimum atomic E-state index is -3.84. The monoisotopic (exact) mass is 458 g/mol. The van der Waals surface area contributed by atoms with E-state index in [1.807, 2.05) is 56.3 Å². The maximum Gasteiger partial charge on any atom is 0.343 e. The van der Waals surface area contributed by atoms with Crippen LogP contribution in [0.5, 0.6) is 5.75 Å². The summed E-state index contributed by atoms with van der Waals surface area (Å²) in [4.78, 5) is 15.0. The van der Waals surface area contributed by atoms with Gasteiger partial charge in [0, 0.05) is 5.56 Å². The average molecular weight is 459 g/mol. The van der Waals surface area contributed by atoms with E-state index in [0.717, 1.165) is 21.9 Å². The van der Waals surface area contributed by atoms with Crippen LogP contribution in [0.25, 0.3) is 10.8 Å². The molecule has 4 aromatic carbocycles. The Balaban J connectivity index is 1.65. The molecule has 0 aromatic heterocycles. The molecular formula is C26H22N2O4S. The van der Waals surface area contributed by atoms with Crippen molar-refractivity contribution in [2.24, 2.45) is 5.10 Å². The van der Waals surface area contributed by atoms with Gasteiger partial charge in [-0.2, -0.15) is 13.5 Å². The fraction of sp³-hybridized carbons (Fsp3) is 0.0769. The van der Waals surface area contributed by atoms with E-state index in [9.17, 15) is 13.2 Å². The number of fused-ring (bicyclic) bond motifs is 1. The van der Waals surface area contributed by atoms with E-state index in [-0.39, 0.29) is 10.6 Å². The van der Waals surface area contributed by atoms with Crippen LogP contribution in [0.3, 0.4) is 0 Å². The molecule has 0 amide bonds. The minimum absolute atomic E-state index is 0.106. The van der Waals surface area contributed by atoms with Crippen LogP contribution >= 0.6 is 0 Å². The molecule has 0 fully saturated rings. The van der Waals surface area contributed by atoms with Gasteiger partial charge in [0.25, 0.3) is 10.0 Å². The van der Waals surface area contributed by atoms with Gasteiger partial charge in [0.05, 0.1) is 16.7 Å². The molecule has 6 nitrogen and oxygen atoms in total. The molecule has 0 heterocycles. The zero-order chi connectivity index (χ0) is 23.4. The molecule has 0 atom stereocenters. The number of rotatable bonds is 6. The summed E-state index contributed by atoms with van der Waals surface area (Å²) in [7, 11) is -3.84. The molecule has 4 rings (SSSR count). The first-order valence-electron chi connectivity index (χ1n) is 10.3. The first kappa shape index (κ1) is 22.2. The highest BCUT2D eigenvalue weighted by Gasteiger charge is 2.15. The molecule has 1 N–H and O–H groups in total. The molecule has 4 aromatic rings. The van der Waals surface area contributed by atoms with Crippen LogP contribution in [-0.2, 0) is 10.0 Å². The number of hydrogen-bond donors (Lipinski definition) is 1. The van der Waals surface area contributed by atoms with Crippen LogP contribution in [-0.4, -0.2) is 20.6 Å². The second-order valence-electron chi connectivity index (χ2n) is 7.62. The average Bonchev–Trinajstić information content (AvgIpc) is 2.81. The van der Waals surface area contributed by atoms with Gasteiger partial charge in [0.2, 0.25) is 0 Å². The predicted molar refractivity (Wildman–Crippen MR) is 129 cm³/mol. The van der Waals surface area contributed by atoms with Crippen molar-refractivity contribution in [2.75, 3.05) is 0 Å². The van der Waals surface area contributed by atoms with Crippen molar-refractivity contribution < 1.29 is 17.9 Å². The molecular weight excluding hydrogens is 436 g/mol. The number of ether oxygens (including phenoxy) is 1. The molecule has 33 heavy (non-hydrogen) atoms. The molecule has 7 heteroatoms. The standard InChI is InChI=1S/C26H22N2O4S/c1-18-7-11-21(12-8-18)26(29)32-25-16-13-20-5-3-4-6-23(20)24(25)17-27-28-33(30,31)22-14-9-19(2)10-15-22/h3-17,28H,1-2H3/b27-17-. The van der Waals surface area contributed by atoms with E-state index in [4.69, 9.17) is 4.74 Å². The zero-order valence-corrected chi connectivity index (χ0v) is 19.0. The Bertz CT molecular complexity index is 1440. The summed E-state index contributed by atoms with van der Waals surface area (Å²) in [6.45, 7) is 3.81. The normalized spacial score (nSPS) is 11.6. The number of esters is 1. The minimum Gasteiger partial charge on any atom is -0.422 e. The molecule has 166 valence electrons. The van der Waals surface area contributed by atoms with Gasteiger partial charge in [0.1, 0.15) is 5.75 Å². The summed E-state index contributed by atoms with van der Waals surface area (Å²) in [6, 6.07) is 24.5. The van der Waals surface area contributed by atoms with Crippen molar-refractivity contribution in [3.8, 4) is 5.75 Å². The highest BCUT2D eigenvalue weighted by atomic mass is 32.2. The van der Waals surface area contributed by atoms with E-state index in [1.54, 1.807) is 30.3 Å². The van der Waals surface area contributed by atoms with Crippen molar-refractivity contribution >= 4 is 33.0 Å². The van der Waals surface area contributed by atoms with Crippen LogP contribution in [0.2, 0.25) is 0 Å². The maximum atomic E-state index is 12.7. The Kier molecular flexibility index (Phi) is 6.24. The highest BCUT2D eigenvalue weighted by molar-refractivity contribution is 7.89. The number of nitrogens with one attached hydrogen (secondary N) is 1. The quantitative estimate of drug-likeness (QED) is 0.191. The van der Waals surface area contributed by atoms with Crippen molar-refractivity contribution in [2.45, 2.75) is 18.7 Å². The topological polar surface area (TPSA) is 84.8 Å². The fourth-order valence-corrected chi connectivity index (χ4v) is 4.07. The van der Waals surface area contributed by atoms with Gasteiger partial charge < -0.3 is 4.74 Å². The molecule has 0 bridgehead atoms. The van der Waals surface area contributed by atoms with Gasteiger partial charge in [-0.15, -0.1) is 0 Å². The Morgan fingerprint density at radius 2 is 1.48 bits per heavy atom. The number of hydrogen-bond acceptors (Lipinski definition) is 5. The molecule has 0 spiro atoms. The Morgan fingerprint density at radius 1 is 0.848 bits per heavy atom. The van der Waals surface area contributed by atoms with Crippen molar-refractivity contribution in [1.82, 2.24) is 4.83 Å². The van der Waals surface area contributed by atoms with Crippen LogP contribution in [0, 0.1) is 13.8 Å². The number of aryl methyl sites for hydroxylation is 2. The van der Waals surface area contributed by atoms with Crippen LogP contribution in [0.15, 0.2) is 94.9 Å². The van der Waals surface area contributed by atoms with Crippen LogP contribution in [0.4, 0.5) is 0 Å². The third kappa shape index (κ3) is 5.10. The van der Waals surface area contributed by atoms with Crippen LogP contribution in [0.1, 0.15) is 27.0 Å². The number of sulfonamides is 1. The van der Waals surface area contributed by atoms with Crippen LogP contribution < -0.4 is 9.57 Å². The van der Waals surface area contributed by atoms with E-state index in [1.165, 1.54) is 18.3 Å². The third-order valence-electron chi connectivity index (χ3n) is 5.12. The number of carbonyl (C=O) groups is 1. The first-order chi connectivity index (χ1) is 15.8. The predicted octanol–water partition coefficient (Wildman–Crippen LogP) is 4.99. The van der Waals surface area contributed by atoms with Gasteiger partial charge in [0.15, 0.2) is 0 Å². The summed E-state index contributed by atoms with van der Waals surface area (Å²) in [5, 5.41) is 5.63. The van der Waals surface area contributed by atoms with Gasteiger partial charge in [-0.05, 0) is 55.0 Å². The number of benzene rings is 4. The van der Waals surface area contributed by atoms with Gasteiger partial charge >= 0.3 is 5.97 Å². The van der Waals surface area contributed by atoms with Crippen molar-refractivity contribution in [3.05, 3.63) is 107 Å². The maximum absolute atomic E-state index is 12.7. The van der Waals surface area contributed by atoms with Gasteiger partial charge in [-0.1, -0.05) is 65.7 Å². The lowest BCUT2D eigenvalue weighted by Crippen LogP contribution is -2.18. The molecule has 0 aliphatic heterocycles. The fourth-order valence-electron chi connectivity index (χ4n) is 3.28. The number of hydrazone groups is 1. The SMILES string of the molecule is Cc1ccc(C(=O)Oc2ccc3ccccc3c2/C=N\NS(=O)(=O)c2ccc(C)cc2)cc1. The van der Waals surface area contributed by atoms with Crippen molar-refractivity contribution in [1.29, 1.82) is 0 Å². The van der Waals surface area contributed by atoms with Gasteiger partial charge in [-0.25, -0.2) is 9.63 Å². The van der Waals surface area contributed by atoms with Crippen molar-refractivity contribution in [3.63, 3.8) is 0 Å². The molecule has 0 saturated carbocycles. The smallest absolute Gasteiger partial charge is 0.343 e. The molecule has 0 aliphatic carbocycles. The zero-order valence-electron chi connectivity index (χ0n) is 18.1. The lowest BCUT2D eigenvalue weighted by atomic mass is 10.0. The summed E-state index contributed by atoms with van der Waals surface area (Å²) in [5.74, 6) is -0.238. The number of carbonyl (C=O) groups excluding carboxylic acids is 1. The largest absolute Gasteiger partial charge is 0.422 e. The summed E-state index contributed by atoms with van der Waals surface area (Å²) in [6.07, 6.45) is 1.35. The lowest BCUT2D eigenvalue weighted by Gasteiger charge is -2.11. The van der Waals surface area contributed by atoms with E-state index in [2.05, 4.69) is 9.93 Å². The molecule has 0 unspecified atom stereocenters. The molecule has 0 radical (unpaired) electrons. The van der Waals surface area contributed by atoms with E-state index >= 15 is 0 Å². The van der Waals surface area contributed by atoms with E-state index in [0.29, 0.717) is 11.1 Å². The van der Waals surface area contributed by atoms with E-state index < -0.39 is 16.0 Å². The second kappa shape index (κ2) is 9.26. The van der Waals surface area contributed by atoms with Gasteiger partial charge in [-0.3, -0.25) is 0 Å². The second-order valence-corrected chi connectivity index (χ2v) is 9.28. The number of nitrogens with zero attached hydrogens (tertiary/aromatic N) is 1. The summed E-state index contributed by atoms with van der Waals surface area (Å²) < 4.78 is 30.8. The Hall–Kier alpha value is -3.97. The third-order valence-corrected chi connectivity index (χ3v) is 6.36. The first-order valence-corrected chi connectivity index (χ1v) is 11.7. The molecule has 0 aliphatic rings. The lowest BCUT2D eigenvalue weighted by molar-refractivity contribution is 0.0734. The summed E-state index contributed by atoms with van der Waals surface area (Å²) in [5.41, 5.74) is 2.89. The molecule has 0 saturated heterocycles. The highest BCUT2D eigenvalue weighted by Crippen LogP contribution is 2.27.